The lowest BCUT2D eigenvalue weighted by atomic mass is 10.2. The maximum Gasteiger partial charge on any atom is 0.425 e. The highest BCUT2D eigenvalue weighted by atomic mass is 19.4. The van der Waals surface area contributed by atoms with Crippen LogP contribution in [-0.4, -0.2) is 78.7 Å². The average molecular weight is 615 g/mol. The molecule has 0 spiro atoms. The number of rotatable bonds is 13. The average Bonchev–Trinajstić information content (AvgIpc) is 3.03. The molecule has 0 atom stereocenters. The van der Waals surface area contributed by atoms with E-state index in [2.05, 4.69) is 15.0 Å². The number of nitriles is 1. The van der Waals surface area contributed by atoms with Crippen molar-refractivity contribution in [3.05, 3.63) is 75.8 Å². The van der Waals surface area contributed by atoms with Gasteiger partial charge < -0.3 is 24.0 Å². The van der Waals surface area contributed by atoms with Crippen LogP contribution in [0, 0.1) is 11.3 Å². The number of halogens is 3. The van der Waals surface area contributed by atoms with E-state index in [0.29, 0.717) is 62.5 Å². The van der Waals surface area contributed by atoms with Crippen molar-refractivity contribution in [3.8, 4) is 17.6 Å². The molecule has 4 rings (SSSR count). The first-order valence-electron chi connectivity index (χ1n) is 14.1. The molecular weight excluding hydrogens is 581 g/mol. The lowest BCUT2D eigenvalue weighted by molar-refractivity contribution is -0.140. The molecule has 1 amide bonds. The fraction of sp³-hybridized carbons (Fsp3) is 0.433. The van der Waals surface area contributed by atoms with Gasteiger partial charge in [-0.05, 0) is 42.7 Å². The molecule has 14 heteroatoms. The number of alkyl halides is 3. The topological polar surface area (TPSA) is 123 Å². The number of anilines is 1. The van der Waals surface area contributed by atoms with E-state index in [0.717, 1.165) is 16.7 Å². The SMILES string of the molecule is COc1ccc(Cn2ncc(OCCCCOCCC(=O)N3CCN(c4ccc(C#N)cn4)CC3)c(C(F)(F)F)c2=O)cc1. The molecule has 44 heavy (non-hydrogen) atoms. The number of methoxy groups -OCH3 is 1. The van der Waals surface area contributed by atoms with Crippen LogP contribution < -0.4 is 19.9 Å². The zero-order valence-electron chi connectivity index (χ0n) is 24.3. The number of hydrogen-bond acceptors (Lipinski definition) is 9. The summed E-state index contributed by atoms with van der Waals surface area (Å²) in [7, 11) is 1.50. The van der Waals surface area contributed by atoms with Crippen molar-refractivity contribution in [3.63, 3.8) is 0 Å². The molecule has 234 valence electrons. The summed E-state index contributed by atoms with van der Waals surface area (Å²) in [6.07, 6.45) is -1.38. The van der Waals surface area contributed by atoms with E-state index in [-0.39, 0.29) is 32.1 Å². The van der Waals surface area contributed by atoms with E-state index in [9.17, 15) is 22.8 Å². The molecule has 1 aliphatic heterocycles. The van der Waals surface area contributed by atoms with Gasteiger partial charge >= 0.3 is 6.18 Å². The summed E-state index contributed by atoms with van der Waals surface area (Å²) >= 11 is 0. The molecule has 0 saturated carbocycles. The van der Waals surface area contributed by atoms with Crippen LogP contribution in [0.15, 0.2) is 53.6 Å². The van der Waals surface area contributed by atoms with Crippen molar-refractivity contribution in [2.24, 2.45) is 0 Å². The first kappa shape index (κ1) is 32.3. The minimum atomic E-state index is -4.92. The number of carbonyl (C=O) groups excluding carboxylic acids is 1. The van der Waals surface area contributed by atoms with E-state index in [1.807, 2.05) is 6.07 Å². The molecular formula is C30H33F3N6O5. The summed E-state index contributed by atoms with van der Waals surface area (Å²) in [5.74, 6) is 0.714. The second-order valence-corrected chi connectivity index (χ2v) is 10.00. The van der Waals surface area contributed by atoms with Crippen molar-refractivity contribution in [2.75, 3.05) is 58.0 Å². The first-order valence-corrected chi connectivity index (χ1v) is 14.1. The van der Waals surface area contributed by atoms with Crippen LogP contribution in [0.5, 0.6) is 11.5 Å². The van der Waals surface area contributed by atoms with Crippen LogP contribution in [0.25, 0.3) is 0 Å². The lowest BCUT2D eigenvalue weighted by Gasteiger charge is -2.35. The van der Waals surface area contributed by atoms with Gasteiger partial charge in [0.15, 0.2) is 11.3 Å². The summed E-state index contributed by atoms with van der Waals surface area (Å²) in [4.78, 5) is 33.3. The Kier molecular flexibility index (Phi) is 11.1. The monoisotopic (exact) mass is 614 g/mol. The molecule has 0 unspecified atom stereocenters. The highest BCUT2D eigenvalue weighted by molar-refractivity contribution is 5.76. The molecule has 0 bridgehead atoms. The van der Waals surface area contributed by atoms with Gasteiger partial charge in [-0.2, -0.15) is 23.5 Å². The number of benzene rings is 1. The number of carbonyl (C=O) groups is 1. The zero-order valence-corrected chi connectivity index (χ0v) is 24.3. The number of hydrogen-bond donors (Lipinski definition) is 0. The van der Waals surface area contributed by atoms with Crippen molar-refractivity contribution < 1.29 is 32.2 Å². The van der Waals surface area contributed by atoms with Gasteiger partial charge in [-0.3, -0.25) is 9.59 Å². The van der Waals surface area contributed by atoms with E-state index < -0.39 is 23.0 Å². The third kappa shape index (κ3) is 8.70. The van der Waals surface area contributed by atoms with Crippen LogP contribution in [-0.2, 0) is 22.3 Å². The van der Waals surface area contributed by atoms with Crippen molar-refractivity contribution >= 4 is 11.7 Å². The van der Waals surface area contributed by atoms with E-state index in [4.69, 9.17) is 19.5 Å². The molecule has 3 heterocycles. The minimum Gasteiger partial charge on any atom is -0.497 e. The van der Waals surface area contributed by atoms with Gasteiger partial charge in [-0.15, -0.1) is 0 Å². The van der Waals surface area contributed by atoms with Crippen LogP contribution in [0.2, 0.25) is 0 Å². The third-order valence-electron chi connectivity index (χ3n) is 7.02. The zero-order chi connectivity index (χ0) is 31.5. The van der Waals surface area contributed by atoms with Gasteiger partial charge in [0.1, 0.15) is 17.6 Å². The molecule has 1 aliphatic rings. The Labute approximate surface area is 252 Å². The van der Waals surface area contributed by atoms with Gasteiger partial charge in [0, 0.05) is 39.0 Å². The summed E-state index contributed by atoms with van der Waals surface area (Å²) in [6, 6.07) is 12.1. The van der Waals surface area contributed by atoms with Crippen LogP contribution in [0.4, 0.5) is 19.0 Å². The van der Waals surface area contributed by atoms with Gasteiger partial charge in [-0.25, -0.2) is 9.67 Å². The van der Waals surface area contributed by atoms with Gasteiger partial charge in [0.05, 0.1) is 45.0 Å². The molecule has 0 N–H and O–H groups in total. The summed E-state index contributed by atoms with van der Waals surface area (Å²) in [5, 5.41) is 12.8. The number of nitrogens with zero attached hydrogens (tertiary/aromatic N) is 6. The van der Waals surface area contributed by atoms with Crippen LogP contribution in [0.1, 0.15) is 36.0 Å². The molecule has 1 aromatic carbocycles. The number of ether oxygens (including phenoxy) is 3. The normalized spacial score (nSPS) is 13.4. The molecule has 1 saturated heterocycles. The minimum absolute atomic E-state index is 0.0188. The first-order chi connectivity index (χ1) is 21.2. The Morgan fingerprint density at radius 1 is 1.00 bits per heavy atom. The Balaban J connectivity index is 1.15. The maximum atomic E-state index is 13.8. The highest BCUT2D eigenvalue weighted by Crippen LogP contribution is 2.33. The van der Waals surface area contributed by atoms with Crippen molar-refractivity contribution in [2.45, 2.75) is 32.0 Å². The van der Waals surface area contributed by atoms with Crippen molar-refractivity contribution in [1.82, 2.24) is 19.7 Å². The second-order valence-electron chi connectivity index (χ2n) is 10.00. The van der Waals surface area contributed by atoms with E-state index >= 15 is 0 Å². The number of aromatic nitrogens is 3. The largest absolute Gasteiger partial charge is 0.497 e. The highest BCUT2D eigenvalue weighted by Gasteiger charge is 2.39. The van der Waals surface area contributed by atoms with Gasteiger partial charge in [-0.1, -0.05) is 12.1 Å². The quantitative estimate of drug-likeness (QED) is 0.266. The predicted octanol–water partition coefficient (Wildman–Crippen LogP) is 3.50. The molecule has 11 nitrogen and oxygen atoms in total. The van der Waals surface area contributed by atoms with Crippen LogP contribution >= 0.6 is 0 Å². The Hall–Kier alpha value is -4.64. The van der Waals surface area contributed by atoms with E-state index in [1.54, 1.807) is 41.3 Å². The van der Waals surface area contributed by atoms with Crippen LogP contribution in [0.3, 0.4) is 0 Å². The number of pyridine rings is 1. The second kappa shape index (κ2) is 15.2. The van der Waals surface area contributed by atoms with Gasteiger partial charge in [0.2, 0.25) is 5.91 Å². The number of piperazine rings is 1. The third-order valence-corrected chi connectivity index (χ3v) is 7.02. The maximum absolute atomic E-state index is 13.8. The molecule has 2 aromatic heterocycles. The van der Waals surface area contributed by atoms with Crippen molar-refractivity contribution in [1.29, 1.82) is 5.26 Å². The van der Waals surface area contributed by atoms with Gasteiger partial charge in [0.25, 0.3) is 5.56 Å². The Morgan fingerprint density at radius 2 is 1.73 bits per heavy atom. The number of unbranched alkanes of at least 4 members (excludes halogenated alkanes) is 1. The molecule has 0 aliphatic carbocycles. The summed E-state index contributed by atoms with van der Waals surface area (Å²) < 4.78 is 57.9. The summed E-state index contributed by atoms with van der Waals surface area (Å²) in [5.41, 5.74) is -1.61. The standard InChI is InChI=1S/C30H33F3N6O5/c1-42-24-7-4-22(5-8-24)21-39-29(41)28(30(31,32)33)25(20-36-39)44-16-3-2-15-43-17-10-27(40)38-13-11-37(12-14-38)26-9-6-23(18-34)19-35-26/h4-9,19-20H,2-3,10-17,21H2,1H3. The number of amides is 1. The fourth-order valence-electron chi connectivity index (χ4n) is 4.59. The lowest BCUT2D eigenvalue weighted by Crippen LogP contribution is -2.49. The predicted molar refractivity (Wildman–Crippen MR) is 154 cm³/mol. The Bertz CT molecular complexity index is 1480. The fourth-order valence-corrected chi connectivity index (χ4v) is 4.59. The Morgan fingerprint density at radius 3 is 2.36 bits per heavy atom. The smallest absolute Gasteiger partial charge is 0.425 e. The van der Waals surface area contributed by atoms with E-state index in [1.165, 1.54) is 13.3 Å². The molecule has 3 aromatic rings. The molecule has 0 radical (unpaired) electrons. The molecule has 1 fully saturated rings. The summed E-state index contributed by atoms with van der Waals surface area (Å²) in [6.45, 7) is 2.71.